The minimum absolute atomic E-state index is 0.317. The molecule has 4 rings (SSSR count). The molecule has 2 aromatic carbocycles. The van der Waals surface area contributed by atoms with Gasteiger partial charge in [0.15, 0.2) is 0 Å². The van der Waals surface area contributed by atoms with Gasteiger partial charge in [-0.2, -0.15) is 0 Å². The zero-order valence-corrected chi connectivity index (χ0v) is 14.3. The zero-order chi connectivity index (χ0) is 17.9. The molecule has 0 bridgehead atoms. The number of nitrogens with zero attached hydrogens (tertiary/aromatic N) is 2. The van der Waals surface area contributed by atoms with Crippen molar-refractivity contribution in [3.05, 3.63) is 66.9 Å². The average molecular weight is 343 g/mol. The third-order valence-electron chi connectivity index (χ3n) is 4.12. The molecular formula is C21H17N3O2. The first-order valence-corrected chi connectivity index (χ1v) is 8.43. The number of fused-ring (bicyclic) bond motifs is 2. The normalized spacial score (nSPS) is 10.8. The quantitative estimate of drug-likeness (QED) is 0.567. The Morgan fingerprint density at radius 3 is 2.77 bits per heavy atom. The van der Waals surface area contributed by atoms with Crippen molar-refractivity contribution in [2.24, 2.45) is 0 Å². The standard InChI is InChI=1S/C21H17N3O2/c1-2-26-21(25)24-19-9-5-7-14-10-11-18(23-20(14)19)16-12-15-6-3-4-8-17(15)22-13-16/h3-13H,2H2,1H3,(H,24,25). The molecule has 2 heterocycles. The van der Waals surface area contributed by atoms with E-state index in [0.29, 0.717) is 17.8 Å². The van der Waals surface area contributed by atoms with Crippen LogP contribution in [0, 0.1) is 0 Å². The topological polar surface area (TPSA) is 64.1 Å². The molecular weight excluding hydrogens is 326 g/mol. The van der Waals surface area contributed by atoms with Crippen LogP contribution < -0.4 is 5.32 Å². The second-order valence-electron chi connectivity index (χ2n) is 5.84. The number of aromatic nitrogens is 2. The van der Waals surface area contributed by atoms with Gasteiger partial charge in [-0.1, -0.05) is 36.4 Å². The Morgan fingerprint density at radius 1 is 1.04 bits per heavy atom. The fraction of sp³-hybridized carbons (Fsp3) is 0.0952. The maximum atomic E-state index is 11.8. The Hall–Kier alpha value is -3.47. The zero-order valence-electron chi connectivity index (χ0n) is 14.3. The van der Waals surface area contributed by atoms with E-state index in [4.69, 9.17) is 9.72 Å². The van der Waals surface area contributed by atoms with E-state index >= 15 is 0 Å². The van der Waals surface area contributed by atoms with Crippen LogP contribution in [0.2, 0.25) is 0 Å². The van der Waals surface area contributed by atoms with Gasteiger partial charge in [0.1, 0.15) is 0 Å². The summed E-state index contributed by atoms with van der Waals surface area (Å²) in [4.78, 5) is 21.0. The molecule has 0 spiro atoms. The molecule has 0 aliphatic heterocycles. The molecule has 2 aromatic heterocycles. The van der Waals surface area contributed by atoms with E-state index in [2.05, 4.69) is 16.4 Å². The van der Waals surface area contributed by atoms with Crippen LogP contribution in [0.5, 0.6) is 0 Å². The molecule has 0 fully saturated rings. The Bertz CT molecular complexity index is 1110. The summed E-state index contributed by atoms with van der Waals surface area (Å²) in [6, 6.07) is 19.6. The van der Waals surface area contributed by atoms with Crippen molar-refractivity contribution in [3.8, 4) is 11.3 Å². The molecule has 0 saturated heterocycles. The third kappa shape index (κ3) is 3.07. The van der Waals surface area contributed by atoms with E-state index in [9.17, 15) is 4.79 Å². The Morgan fingerprint density at radius 2 is 1.88 bits per heavy atom. The summed E-state index contributed by atoms with van der Waals surface area (Å²) in [6.07, 6.45) is 1.33. The molecule has 0 unspecified atom stereocenters. The van der Waals surface area contributed by atoms with Crippen molar-refractivity contribution in [1.82, 2.24) is 9.97 Å². The molecule has 5 nitrogen and oxygen atoms in total. The second kappa shape index (κ2) is 6.80. The maximum Gasteiger partial charge on any atom is 0.411 e. The van der Waals surface area contributed by atoms with E-state index in [0.717, 1.165) is 27.5 Å². The minimum Gasteiger partial charge on any atom is -0.450 e. The van der Waals surface area contributed by atoms with E-state index in [1.165, 1.54) is 0 Å². The van der Waals surface area contributed by atoms with Gasteiger partial charge in [-0.15, -0.1) is 0 Å². The first kappa shape index (κ1) is 16.0. The van der Waals surface area contributed by atoms with Crippen molar-refractivity contribution in [1.29, 1.82) is 0 Å². The van der Waals surface area contributed by atoms with Gasteiger partial charge in [0, 0.05) is 22.5 Å². The molecule has 0 aliphatic rings. The fourth-order valence-electron chi connectivity index (χ4n) is 2.90. The molecule has 0 atom stereocenters. The molecule has 26 heavy (non-hydrogen) atoms. The number of benzene rings is 2. The first-order chi connectivity index (χ1) is 12.7. The Balaban J connectivity index is 1.79. The van der Waals surface area contributed by atoms with E-state index < -0.39 is 6.09 Å². The number of anilines is 1. The molecule has 1 amide bonds. The molecule has 1 N–H and O–H groups in total. The van der Waals surface area contributed by atoms with Gasteiger partial charge in [-0.25, -0.2) is 9.78 Å². The third-order valence-corrected chi connectivity index (χ3v) is 4.12. The molecule has 0 radical (unpaired) electrons. The summed E-state index contributed by atoms with van der Waals surface area (Å²) in [5.41, 5.74) is 4.01. The van der Waals surface area contributed by atoms with Crippen LogP contribution in [-0.2, 0) is 4.74 Å². The molecule has 0 aliphatic carbocycles. The predicted octanol–water partition coefficient (Wildman–Crippen LogP) is 5.02. The van der Waals surface area contributed by atoms with Gasteiger partial charge in [-0.3, -0.25) is 10.3 Å². The molecule has 0 saturated carbocycles. The largest absolute Gasteiger partial charge is 0.450 e. The number of nitrogens with one attached hydrogen (secondary N) is 1. The molecule has 4 aromatic rings. The lowest BCUT2D eigenvalue weighted by Crippen LogP contribution is -2.13. The van der Waals surface area contributed by atoms with Crippen LogP contribution in [0.4, 0.5) is 10.5 Å². The van der Waals surface area contributed by atoms with E-state index in [-0.39, 0.29) is 0 Å². The summed E-state index contributed by atoms with van der Waals surface area (Å²) in [6.45, 7) is 2.09. The summed E-state index contributed by atoms with van der Waals surface area (Å²) in [7, 11) is 0. The van der Waals surface area contributed by atoms with E-state index in [1.54, 1.807) is 6.92 Å². The Kier molecular flexibility index (Phi) is 4.19. The van der Waals surface area contributed by atoms with Crippen LogP contribution in [-0.4, -0.2) is 22.7 Å². The summed E-state index contributed by atoms with van der Waals surface area (Å²) >= 11 is 0. The lowest BCUT2D eigenvalue weighted by atomic mass is 10.1. The van der Waals surface area contributed by atoms with Crippen molar-refractivity contribution in [2.75, 3.05) is 11.9 Å². The highest BCUT2D eigenvalue weighted by Gasteiger charge is 2.09. The number of rotatable bonds is 3. The maximum absolute atomic E-state index is 11.8. The van der Waals surface area contributed by atoms with Gasteiger partial charge < -0.3 is 4.74 Å². The number of amides is 1. The van der Waals surface area contributed by atoms with Crippen LogP contribution in [0.3, 0.4) is 0 Å². The minimum atomic E-state index is -0.487. The smallest absolute Gasteiger partial charge is 0.411 e. The van der Waals surface area contributed by atoms with Crippen molar-refractivity contribution in [3.63, 3.8) is 0 Å². The summed E-state index contributed by atoms with van der Waals surface area (Å²) in [5.74, 6) is 0. The van der Waals surface area contributed by atoms with Crippen LogP contribution in [0.1, 0.15) is 6.92 Å². The number of hydrogen-bond acceptors (Lipinski definition) is 4. The van der Waals surface area contributed by atoms with Crippen molar-refractivity contribution in [2.45, 2.75) is 6.92 Å². The number of carbonyl (C=O) groups is 1. The van der Waals surface area contributed by atoms with Crippen molar-refractivity contribution >= 4 is 33.6 Å². The van der Waals surface area contributed by atoms with Crippen LogP contribution in [0.15, 0.2) is 66.9 Å². The average Bonchev–Trinajstić information content (AvgIpc) is 2.68. The van der Waals surface area contributed by atoms with Crippen LogP contribution >= 0.6 is 0 Å². The van der Waals surface area contributed by atoms with Gasteiger partial charge in [-0.05, 0) is 31.2 Å². The SMILES string of the molecule is CCOC(=O)Nc1cccc2ccc(-c3cnc4ccccc4c3)nc12. The molecule has 5 heteroatoms. The lowest BCUT2D eigenvalue weighted by molar-refractivity contribution is 0.168. The molecule has 128 valence electrons. The number of hydrogen-bond donors (Lipinski definition) is 1. The highest BCUT2D eigenvalue weighted by atomic mass is 16.5. The van der Waals surface area contributed by atoms with Gasteiger partial charge in [0.2, 0.25) is 0 Å². The predicted molar refractivity (Wildman–Crippen MR) is 103 cm³/mol. The van der Waals surface area contributed by atoms with Gasteiger partial charge in [0.05, 0.1) is 29.0 Å². The second-order valence-corrected chi connectivity index (χ2v) is 5.84. The number of pyridine rings is 2. The Labute approximate surface area is 150 Å². The summed E-state index contributed by atoms with van der Waals surface area (Å²) in [5, 5.41) is 4.76. The first-order valence-electron chi connectivity index (χ1n) is 8.43. The highest BCUT2D eigenvalue weighted by molar-refractivity contribution is 5.98. The van der Waals surface area contributed by atoms with Gasteiger partial charge >= 0.3 is 6.09 Å². The summed E-state index contributed by atoms with van der Waals surface area (Å²) < 4.78 is 4.97. The monoisotopic (exact) mass is 343 g/mol. The fourth-order valence-corrected chi connectivity index (χ4v) is 2.90. The number of para-hydroxylation sites is 2. The van der Waals surface area contributed by atoms with Crippen molar-refractivity contribution < 1.29 is 9.53 Å². The van der Waals surface area contributed by atoms with Gasteiger partial charge in [0.25, 0.3) is 0 Å². The number of carbonyl (C=O) groups excluding carboxylic acids is 1. The lowest BCUT2D eigenvalue weighted by Gasteiger charge is -2.10. The van der Waals surface area contributed by atoms with Crippen LogP contribution in [0.25, 0.3) is 33.1 Å². The highest BCUT2D eigenvalue weighted by Crippen LogP contribution is 2.27. The number of ether oxygens (including phenoxy) is 1. The van der Waals surface area contributed by atoms with E-state index in [1.807, 2.05) is 60.8 Å².